The van der Waals surface area contributed by atoms with Gasteiger partial charge in [-0.2, -0.15) is 13.2 Å². The molecule has 1 aliphatic rings. The maximum absolute atomic E-state index is 14.5. The number of carbonyl (C=O) groups is 2. The van der Waals surface area contributed by atoms with Crippen molar-refractivity contribution < 1.29 is 37.1 Å². The Hall–Kier alpha value is -3.77. The molecule has 1 aliphatic heterocycles. The Bertz CT molecular complexity index is 1180. The van der Waals surface area contributed by atoms with Crippen molar-refractivity contribution in [2.75, 3.05) is 24.2 Å². The van der Waals surface area contributed by atoms with Crippen molar-refractivity contribution in [2.24, 2.45) is 0 Å². The van der Waals surface area contributed by atoms with E-state index >= 15 is 0 Å². The topological polar surface area (TPSA) is 103 Å². The van der Waals surface area contributed by atoms with Gasteiger partial charge in [0.15, 0.2) is 11.5 Å². The number of amides is 3. The molecule has 13 heteroatoms. The summed E-state index contributed by atoms with van der Waals surface area (Å²) in [4.78, 5) is 24.1. The molecule has 0 fully saturated rings. The first-order valence-electron chi connectivity index (χ1n) is 9.51. The van der Waals surface area contributed by atoms with Gasteiger partial charge in [0.1, 0.15) is 11.6 Å². The average molecular weight is 501 g/mol. The summed E-state index contributed by atoms with van der Waals surface area (Å²) in [5, 5.41) is 16.7. The van der Waals surface area contributed by atoms with Crippen molar-refractivity contribution in [3.05, 3.63) is 76.4 Å². The van der Waals surface area contributed by atoms with Crippen LogP contribution in [0.5, 0.6) is 5.75 Å². The molecule has 34 heavy (non-hydrogen) atoms. The third-order valence-electron chi connectivity index (χ3n) is 4.43. The number of ether oxygens (including phenoxy) is 1. The summed E-state index contributed by atoms with van der Waals surface area (Å²) in [5.74, 6) is -1.66. The highest BCUT2D eigenvalue weighted by Crippen LogP contribution is 2.36. The number of rotatable bonds is 5. The van der Waals surface area contributed by atoms with E-state index in [1.54, 1.807) is 0 Å². The van der Waals surface area contributed by atoms with Gasteiger partial charge in [-0.15, -0.1) is 0 Å². The van der Waals surface area contributed by atoms with Gasteiger partial charge in [-0.25, -0.2) is 14.2 Å². The zero-order chi connectivity index (χ0) is 25.0. The van der Waals surface area contributed by atoms with E-state index in [4.69, 9.17) is 16.3 Å². The molecular weight excluding hydrogens is 484 g/mol. The number of hydrogen-bond donors (Lipinski definition) is 4. The van der Waals surface area contributed by atoms with Crippen molar-refractivity contribution in [3.8, 4) is 5.75 Å². The molecule has 180 valence electrons. The number of hydrogen-bond acceptors (Lipinski definition) is 5. The minimum Gasteiger partial charge on any atom is -0.455 e. The quantitative estimate of drug-likeness (QED) is 0.444. The van der Waals surface area contributed by atoms with Crippen molar-refractivity contribution in [1.29, 1.82) is 0 Å². The predicted octanol–water partition coefficient (Wildman–Crippen LogP) is 4.74. The number of nitrogens with zero attached hydrogens (tertiary/aromatic N) is 1. The van der Waals surface area contributed by atoms with Crippen LogP contribution >= 0.6 is 11.6 Å². The number of nitrogens with one attached hydrogen (secondary N) is 3. The molecule has 0 aliphatic carbocycles. The Kier molecular flexibility index (Phi) is 7.32. The molecule has 0 unspecified atom stereocenters. The fraction of sp³-hybridized carbons (Fsp3) is 0.143. The summed E-state index contributed by atoms with van der Waals surface area (Å²) in [5.41, 5.74) is -1.82. The number of urea groups is 1. The summed E-state index contributed by atoms with van der Waals surface area (Å²) in [6.07, 6.45) is -1.78. The maximum Gasteiger partial charge on any atom is 0.417 e. The highest BCUT2D eigenvalue weighted by atomic mass is 35.5. The second kappa shape index (κ2) is 10.0. The maximum atomic E-state index is 14.5. The zero-order valence-corrected chi connectivity index (χ0v) is 18.1. The van der Waals surface area contributed by atoms with Gasteiger partial charge in [-0.1, -0.05) is 17.7 Å². The van der Waals surface area contributed by atoms with E-state index in [9.17, 15) is 32.4 Å². The molecule has 0 atom stereocenters. The van der Waals surface area contributed by atoms with Crippen LogP contribution in [0.3, 0.4) is 0 Å². The Morgan fingerprint density at radius 1 is 1.15 bits per heavy atom. The number of alkyl halides is 3. The van der Waals surface area contributed by atoms with Crippen LogP contribution in [0.25, 0.3) is 0 Å². The zero-order valence-electron chi connectivity index (χ0n) is 17.3. The number of halogens is 5. The molecular formula is C21H17ClF4N4O4. The molecule has 8 nitrogen and oxygen atoms in total. The van der Waals surface area contributed by atoms with Gasteiger partial charge in [0.2, 0.25) is 0 Å². The van der Waals surface area contributed by atoms with Gasteiger partial charge < -0.3 is 20.7 Å². The molecule has 0 aromatic heterocycles. The molecule has 4 N–H and O–H groups in total. The molecule has 3 rings (SSSR count). The Morgan fingerprint density at radius 3 is 2.53 bits per heavy atom. The molecule has 2 aromatic carbocycles. The van der Waals surface area contributed by atoms with E-state index in [0.717, 1.165) is 24.3 Å². The fourth-order valence-corrected chi connectivity index (χ4v) is 3.10. The standard InChI is InChI=1S/C21H17ClF4N4O4/c1-27-19(31)18-17(3-2-8-30(18)33)34-12-5-7-16(15(23)10-12)29-20(32)28-11-4-6-14(22)13(9-11)21(24,25)26/h2-7,9-10,33H,8H2,1H3,(H,27,31)(H2,28,29,32). The summed E-state index contributed by atoms with van der Waals surface area (Å²) in [7, 11) is 1.36. The molecule has 3 amide bonds. The average Bonchev–Trinajstić information content (AvgIpc) is 2.76. The number of allylic oxidation sites excluding steroid dienone is 1. The summed E-state index contributed by atoms with van der Waals surface area (Å²) in [6.45, 7) is 0.0417. The van der Waals surface area contributed by atoms with Crippen LogP contribution in [-0.2, 0) is 11.0 Å². The molecule has 0 spiro atoms. The van der Waals surface area contributed by atoms with Gasteiger partial charge in [-0.05, 0) is 36.4 Å². The van der Waals surface area contributed by atoms with Gasteiger partial charge in [0.05, 0.1) is 22.8 Å². The summed E-state index contributed by atoms with van der Waals surface area (Å²) in [6, 6.07) is 5.12. The van der Waals surface area contributed by atoms with E-state index in [-0.39, 0.29) is 35.1 Å². The van der Waals surface area contributed by atoms with Crippen molar-refractivity contribution >= 4 is 34.9 Å². The molecule has 1 heterocycles. The molecule has 0 saturated heterocycles. The van der Waals surface area contributed by atoms with E-state index in [0.29, 0.717) is 11.1 Å². The van der Waals surface area contributed by atoms with Crippen LogP contribution in [-0.4, -0.2) is 35.8 Å². The van der Waals surface area contributed by atoms with Crippen LogP contribution in [0.2, 0.25) is 5.02 Å². The minimum absolute atomic E-state index is 0.0417. The smallest absolute Gasteiger partial charge is 0.417 e. The first kappa shape index (κ1) is 24.9. The van der Waals surface area contributed by atoms with Gasteiger partial charge in [-0.3, -0.25) is 10.0 Å². The predicted molar refractivity (Wildman–Crippen MR) is 115 cm³/mol. The highest BCUT2D eigenvalue weighted by molar-refractivity contribution is 6.31. The monoisotopic (exact) mass is 500 g/mol. The number of carbonyl (C=O) groups excluding carboxylic acids is 2. The first-order chi connectivity index (χ1) is 16.0. The van der Waals surface area contributed by atoms with Crippen molar-refractivity contribution in [3.63, 3.8) is 0 Å². The Morgan fingerprint density at radius 2 is 1.88 bits per heavy atom. The number of benzene rings is 2. The molecule has 0 saturated carbocycles. The SMILES string of the molecule is CNC(=O)C1=C(Oc2ccc(NC(=O)Nc3ccc(Cl)c(C(F)(F)F)c3)c(F)c2)C=CCN1O. The normalized spacial score (nSPS) is 13.6. The third kappa shape index (κ3) is 5.77. The highest BCUT2D eigenvalue weighted by Gasteiger charge is 2.33. The molecule has 2 aromatic rings. The minimum atomic E-state index is -4.72. The Labute approximate surface area is 195 Å². The lowest BCUT2D eigenvalue weighted by molar-refractivity contribution is -0.137. The fourth-order valence-electron chi connectivity index (χ4n) is 2.88. The second-order valence-corrected chi connectivity index (χ2v) is 7.20. The number of hydroxylamine groups is 2. The van der Waals surface area contributed by atoms with E-state index in [2.05, 4.69) is 16.0 Å². The second-order valence-electron chi connectivity index (χ2n) is 6.79. The number of likely N-dealkylation sites (N-methyl/N-ethyl adjacent to an activating group) is 1. The molecule has 0 radical (unpaired) electrons. The van der Waals surface area contributed by atoms with Crippen LogP contribution in [0.1, 0.15) is 5.56 Å². The van der Waals surface area contributed by atoms with E-state index in [1.165, 1.54) is 25.3 Å². The van der Waals surface area contributed by atoms with Crippen LogP contribution < -0.4 is 20.7 Å². The molecule has 0 bridgehead atoms. The van der Waals surface area contributed by atoms with Crippen LogP contribution in [0, 0.1) is 5.82 Å². The first-order valence-corrected chi connectivity index (χ1v) is 9.89. The Balaban J connectivity index is 1.73. The van der Waals surface area contributed by atoms with Gasteiger partial charge in [0, 0.05) is 18.8 Å². The van der Waals surface area contributed by atoms with Crippen LogP contribution in [0.15, 0.2) is 60.0 Å². The van der Waals surface area contributed by atoms with Gasteiger partial charge >= 0.3 is 12.2 Å². The lowest BCUT2D eigenvalue weighted by atomic mass is 10.2. The number of anilines is 2. The van der Waals surface area contributed by atoms with E-state index < -0.39 is 34.5 Å². The van der Waals surface area contributed by atoms with E-state index in [1.807, 2.05) is 0 Å². The van der Waals surface area contributed by atoms with Crippen LogP contribution in [0.4, 0.5) is 33.7 Å². The lowest BCUT2D eigenvalue weighted by Crippen LogP contribution is -2.35. The third-order valence-corrected chi connectivity index (χ3v) is 4.76. The summed E-state index contributed by atoms with van der Waals surface area (Å²) < 4.78 is 58.9. The lowest BCUT2D eigenvalue weighted by Gasteiger charge is -2.23. The van der Waals surface area contributed by atoms with Crippen molar-refractivity contribution in [2.45, 2.75) is 6.18 Å². The van der Waals surface area contributed by atoms with Crippen molar-refractivity contribution in [1.82, 2.24) is 10.4 Å². The largest absolute Gasteiger partial charge is 0.455 e. The van der Waals surface area contributed by atoms with Gasteiger partial charge in [0.25, 0.3) is 5.91 Å². The summed E-state index contributed by atoms with van der Waals surface area (Å²) >= 11 is 5.54.